The maximum Gasteiger partial charge on any atom is 0.239 e. The van der Waals surface area contributed by atoms with Crippen molar-refractivity contribution in [1.29, 1.82) is 0 Å². The molecule has 0 aromatic rings. The average Bonchev–Trinajstić information content (AvgIpc) is 2.46. The van der Waals surface area contributed by atoms with E-state index >= 15 is 0 Å². The van der Waals surface area contributed by atoms with Crippen molar-refractivity contribution < 1.29 is 4.79 Å². The van der Waals surface area contributed by atoms with Gasteiger partial charge in [0.25, 0.3) is 0 Å². The maximum absolute atomic E-state index is 12.6. The molecule has 0 aromatic heterocycles. The van der Waals surface area contributed by atoms with Crippen LogP contribution in [0.2, 0.25) is 0 Å². The number of piperidine rings is 1. The highest BCUT2D eigenvalue weighted by molar-refractivity contribution is 5.81. The monoisotopic (exact) mass is 283 g/mol. The summed E-state index contributed by atoms with van der Waals surface area (Å²) in [6.07, 6.45) is 2.46. The SMILES string of the molecule is CCN(CC)C(=O)C(C)N(CC1CCNCC1)C(C)C. The van der Waals surface area contributed by atoms with Crippen molar-refractivity contribution in [3.05, 3.63) is 0 Å². The number of rotatable bonds is 7. The van der Waals surface area contributed by atoms with E-state index in [0.717, 1.165) is 38.6 Å². The molecule has 1 rings (SSSR count). The van der Waals surface area contributed by atoms with Gasteiger partial charge in [0.1, 0.15) is 0 Å². The Morgan fingerprint density at radius 3 is 2.15 bits per heavy atom. The van der Waals surface area contributed by atoms with Crippen LogP contribution < -0.4 is 5.32 Å². The third kappa shape index (κ3) is 4.74. The first kappa shape index (κ1) is 17.4. The lowest BCUT2D eigenvalue weighted by atomic mass is 9.96. The Bertz CT molecular complexity index is 283. The topological polar surface area (TPSA) is 35.6 Å². The Hall–Kier alpha value is -0.610. The minimum atomic E-state index is -0.00946. The molecule has 0 bridgehead atoms. The molecule has 4 heteroatoms. The molecule has 0 aromatic carbocycles. The zero-order chi connectivity index (χ0) is 15.1. The van der Waals surface area contributed by atoms with E-state index in [4.69, 9.17) is 0 Å². The molecular formula is C16H33N3O. The van der Waals surface area contributed by atoms with Crippen molar-refractivity contribution in [2.75, 3.05) is 32.7 Å². The number of nitrogens with zero attached hydrogens (tertiary/aromatic N) is 2. The predicted octanol–water partition coefficient (Wildman–Crippen LogP) is 1.95. The van der Waals surface area contributed by atoms with Crippen molar-refractivity contribution in [2.45, 2.75) is 59.5 Å². The molecule has 1 unspecified atom stereocenters. The number of likely N-dealkylation sites (N-methyl/N-ethyl adjacent to an activating group) is 1. The number of hydrogen-bond donors (Lipinski definition) is 1. The summed E-state index contributed by atoms with van der Waals surface area (Å²) in [5.41, 5.74) is 0. The zero-order valence-electron chi connectivity index (χ0n) is 14.0. The first-order valence-corrected chi connectivity index (χ1v) is 8.26. The van der Waals surface area contributed by atoms with E-state index in [1.165, 1.54) is 12.8 Å². The largest absolute Gasteiger partial charge is 0.342 e. The zero-order valence-corrected chi connectivity index (χ0v) is 14.0. The van der Waals surface area contributed by atoms with Gasteiger partial charge in [-0.2, -0.15) is 0 Å². The van der Waals surface area contributed by atoms with Crippen LogP contribution in [-0.2, 0) is 4.79 Å². The highest BCUT2D eigenvalue weighted by Gasteiger charge is 2.28. The van der Waals surface area contributed by atoms with Gasteiger partial charge in [-0.15, -0.1) is 0 Å². The van der Waals surface area contributed by atoms with Crippen LogP contribution in [0.4, 0.5) is 0 Å². The van der Waals surface area contributed by atoms with Gasteiger partial charge in [0.05, 0.1) is 6.04 Å². The Morgan fingerprint density at radius 1 is 1.15 bits per heavy atom. The second kappa shape index (κ2) is 8.63. The number of nitrogens with one attached hydrogen (secondary N) is 1. The summed E-state index contributed by atoms with van der Waals surface area (Å²) in [6, 6.07) is 0.407. The standard InChI is InChI=1S/C16H33N3O/c1-6-18(7-2)16(20)14(5)19(13(3)4)12-15-8-10-17-11-9-15/h13-15,17H,6-12H2,1-5H3. The van der Waals surface area contributed by atoms with Gasteiger partial charge >= 0.3 is 0 Å². The van der Waals surface area contributed by atoms with E-state index in [0.29, 0.717) is 6.04 Å². The summed E-state index contributed by atoms with van der Waals surface area (Å²) < 4.78 is 0. The van der Waals surface area contributed by atoms with Crippen LogP contribution in [0.25, 0.3) is 0 Å². The highest BCUT2D eigenvalue weighted by atomic mass is 16.2. The second-order valence-electron chi connectivity index (χ2n) is 6.17. The van der Waals surface area contributed by atoms with Gasteiger partial charge in [-0.05, 0) is 66.5 Å². The summed E-state index contributed by atoms with van der Waals surface area (Å²) in [5, 5.41) is 3.41. The van der Waals surface area contributed by atoms with E-state index in [2.05, 4.69) is 44.8 Å². The molecule has 0 radical (unpaired) electrons. The smallest absolute Gasteiger partial charge is 0.239 e. The van der Waals surface area contributed by atoms with E-state index in [1.54, 1.807) is 0 Å². The third-order valence-electron chi connectivity index (χ3n) is 4.52. The summed E-state index contributed by atoms with van der Waals surface area (Å²) >= 11 is 0. The van der Waals surface area contributed by atoms with E-state index < -0.39 is 0 Å². The molecule has 1 N–H and O–H groups in total. The average molecular weight is 283 g/mol. The van der Waals surface area contributed by atoms with Crippen molar-refractivity contribution in [2.24, 2.45) is 5.92 Å². The van der Waals surface area contributed by atoms with Crippen LogP contribution in [0.1, 0.15) is 47.5 Å². The molecule has 1 saturated heterocycles. The van der Waals surface area contributed by atoms with Gasteiger partial charge in [0, 0.05) is 25.7 Å². The molecule has 20 heavy (non-hydrogen) atoms. The normalized spacial score (nSPS) is 18.6. The van der Waals surface area contributed by atoms with E-state index in [1.807, 2.05) is 4.90 Å². The Kier molecular flexibility index (Phi) is 7.52. The van der Waals surface area contributed by atoms with Gasteiger partial charge in [-0.1, -0.05) is 0 Å². The molecular weight excluding hydrogens is 250 g/mol. The van der Waals surface area contributed by atoms with Crippen LogP contribution in [0.5, 0.6) is 0 Å². The van der Waals surface area contributed by atoms with Gasteiger partial charge in [0.2, 0.25) is 5.91 Å². The second-order valence-corrected chi connectivity index (χ2v) is 6.17. The predicted molar refractivity (Wildman–Crippen MR) is 84.8 cm³/mol. The summed E-state index contributed by atoms with van der Waals surface area (Å²) in [6.45, 7) is 15.5. The molecule has 118 valence electrons. The third-order valence-corrected chi connectivity index (χ3v) is 4.52. The minimum Gasteiger partial charge on any atom is -0.342 e. The van der Waals surface area contributed by atoms with Gasteiger partial charge in [-0.25, -0.2) is 0 Å². The van der Waals surface area contributed by atoms with Gasteiger partial charge < -0.3 is 10.2 Å². The summed E-state index contributed by atoms with van der Waals surface area (Å²) in [4.78, 5) is 16.9. The molecule has 1 aliphatic rings. The molecule has 1 heterocycles. The molecule has 1 amide bonds. The lowest BCUT2D eigenvalue weighted by molar-refractivity contribution is -0.137. The fourth-order valence-corrected chi connectivity index (χ4v) is 3.12. The van der Waals surface area contributed by atoms with E-state index in [-0.39, 0.29) is 11.9 Å². The fraction of sp³-hybridized carbons (Fsp3) is 0.938. The Labute approximate surface area is 124 Å². The minimum absolute atomic E-state index is 0.00946. The van der Waals surface area contributed by atoms with Crippen LogP contribution in [-0.4, -0.2) is 60.5 Å². The Balaban J connectivity index is 2.66. The first-order valence-electron chi connectivity index (χ1n) is 8.26. The lowest BCUT2D eigenvalue weighted by Gasteiger charge is -2.38. The summed E-state index contributed by atoms with van der Waals surface area (Å²) in [7, 11) is 0. The highest BCUT2D eigenvalue weighted by Crippen LogP contribution is 2.18. The van der Waals surface area contributed by atoms with Crippen molar-refractivity contribution in [3.8, 4) is 0 Å². The number of hydrogen-bond acceptors (Lipinski definition) is 3. The quantitative estimate of drug-likeness (QED) is 0.776. The lowest BCUT2D eigenvalue weighted by Crippen LogP contribution is -2.51. The number of amides is 1. The number of carbonyl (C=O) groups excluding carboxylic acids is 1. The number of carbonyl (C=O) groups is 1. The van der Waals surface area contributed by atoms with Gasteiger partial charge in [0.15, 0.2) is 0 Å². The molecule has 1 aliphatic heterocycles. The van der Waals surface area contributed by atoms with Crippen LogP contribution in [0.3, 0.4) is 0 Å². The van der Waals surface area contributed by atoms with Crippen LogP contribution in [0, 0.1) is 5.92 Å². The molecule has 0 aliphatic carbocycles. The molecule has 0 spiro atoms. The summed E-state index contributed by atoms with van der Waals surface area (Å²) in [5.74, 6) is 1.00. The van der Waals surface area contributed by atoms with Crippen molar-refractivity contribution >= 4 is 5.91 Å². The molecule has 4 nitrogen and oxygen atoms in total. The molecule has 1 fully saturated rings. The van der Waals surface area contributed by atoms with Crippen LogP contribution in [0.15, 0.2) is 0 Å². The first-order chi connectivity index (χ1) is 9.51. The molecule has 1 atom stereocenters. The Morgan fingerprint density at radius 2 is 1.70 bits per heavy atom. The van der Waals surface area contributed by atoms with Crippen molar-refractivity contribution in [3.63, 3.8) is 0 Å². The van der Waals surface area contributed by atoms with E-state index in [9.17, 15) is 4.79 Å². The van der Waals surface area contributed by atoms with Crippen molar-refractivity contribution in [1.82, 2.24) is 15.1 Å². The fourth-order valence-electron chi connectivity index (χ4n) is 3.12. The van der Waals surface area contributed by atoms with Crippen LogP contribution >= 0.6 is 0 Å². The van der Waals surface area contributed by atoms with Gasteiger partial charge in [-0.3, -0.25) is 9.69 Å². The maximum atomic E-state index is 12.6. The molecule has 0 saturated carbocycles.